The molecule has 0 unspecified atom stereocenters. The summed E-state index contributed by atoms with van der Waals surface area (Å²) in [5, 5.41) is 2.79. The van der Waals surface area contributed by atoms with E-state index in [4.69, 9.17) is 4.74 Å². The summed E-state index contributed by atoms with van der Waals surface area (Å²) in [5.74, 6) is 1.52. The van der Waals surface area contributed by atoms with Gasteiger partial charge in [-0.05, 0) is 230 Å². The van der Waals surface area contributed by atoms with Crippen LogP contribution in [0.4, 0.5) is 0 Å². The van der Waals surface area contributed by atoms with E-state index in [9.17, 15) is 0 Å². The number of hydrogen-bond acceptors (Lipinski definition) is 1. The fraction of sp³-hybridized carbons (Fsp3) is 0.143. The van der Waals surface area contributed by atoms with Crippen LogP contribution in [0.3, 0.4) is 0 Å². The average molecular weight is 1540 g/mol. The maximum Gasteiger partial charge on any atom is 0.187 e. The molecule has 0 fully saturated rings. The molecular weight excluding hydrogens is 1440 g/mol. The van der Waals surface area contributed by atoms with Crippen molar-refractivity contribution < 1.29 is 4.74 Å². The molecule has 0 saturated carbocycles. The van der Waals surface area contributed by atoms with Crippen molar-refractivity contribution in [2.24, 2.45) is 5.92 Å². The van der Waals surface area contributed by atoms with E-state index in [1.165, 1.54) is 112 Å². The van der Waals surface area contributed by atoms with Gasteiger partial charge in [-0.1, -0.05) is 286 Å². The predicted octanol–water partition coefficient (Wildman–Crippen LogP) is 29.6. The molecule has 0 spiro atoms. The highest BCUT2D eigenvalue weighted by molar-refractivity contribution is 8.01. The van der Waals surface area contributed by atoms with E-state index in [0.717, 1.165) is 5.75 Å². The van der Waals surface area contributed by atoms with E-state index in [2.05, 4.69) is 477 Å². The van der Waals surface area contributed by atoms with E-state index in [1.807, 2.05) is 6.08 Å². The first-order valence-electron chi connectivity index (χ1n) is 38.1. The molecule has 15 rings (SSSR count). The van der Waals surface area contributed by atoms with Crippen molar-refractivity contribution in [3.63, 3.8) is 0 Å². The Kier molecular flexibility index (Phi) is 29.5. The summed E-state index contributed by atoms with van der Waals surface area (Å²) in [6, 6.07) is 135. The van der Waals surface area contributed by atoms with Gasteiger partial charge in [-0.3, -0.25) is 0 Å². The summed E-state index contributed by atoms with van der Waals surface area (Å²) in [5.41, 5.74) is 6.71. The minimum absolute atomic E-state index is 0.0146. The number of aryl methyl sites for hydroxylation is 3. The van der Waals surface area contributed by atoms with Gasteiger partial charge in [-0.2, -0.15) is 0 Å². The van der Waals surface area contributed by atoms with Crippen molar-refractivity contribution in [1.29, 1.82) is 0 Å². The maximum atomic E-state index is 5.52. The second kappa shape index (κ2) is 40.1. The van der Waals surface area contributed by atoms with Crippen LogP contribution < -0.4 is 4.74 Å². The molecule has 0 aliphatic rings. The quantitative estimate of drug-likeness (QED) is 0.0652. The summed E-state index contributed by atoms with van der Waals surface area (Å²) < 4.78 is 8.43. The van der Waals surface area contributed by atoms with Crippen molar-refractivity contribution >= 4 is 74.2 Å². The lowest BCUT2D eigenvalue weighted by molar-refractivity contribution is 0.408. The smallest absolute Gasteiger partial charge is 0.187 e. The zero-order valence-corrected chi connectivity index (χ0v) is 70.4. The van der Waals surface area contributed by atoms with Gasteiger partial charge < -0.3 is 4.74 Å². The number of ether oxygens (including phenoxy) is 1. The highest BCUT2D eigenvalue weighted by Gasteiger charge is 2.34. The summed E-state index contributed by atoms with van der Waals surface area (Å²) in [7, 11) is 1.48. The molecule has 14 aromatic carbocycles. The number of rotatable bonds is 17. The number of hydrogen-bond donors (Lipinski definition) is 0. The van der Waals surface area contributed by atoms with Crippen LogP contribution in [0.1, 0.15) is 83.2 Å². The fourth-order valence-corrected chi connectivity index (χ4v) is 23.9. The molecule has 1 aromatic heterocycles. The lowest BCUT2D eigenvalue weighted by Gasteiger charge is -2.20. The Morgan fingerprint density at radius 2 is 0.622 bits per heavy atom. The summed E-state index contributed by atoms with van der Waals surface area (Å²) in [6.45, 7) is 28.5. The van der Waals surface area contributed by atoms with E-state index >= 15 is 0 Å². The minimum atomic E-state index is -0.182. The second-order valence-corrected chi connectivity index (χ2v) is 39.5. The van der Waals surface area contributed by atoms with E-state index < -0.39 is 0 Å². The van der Waals surface area contributed by atoms with Gasteiger partial charge in [-0.15, -0.1) is 0 Å². The zero-order chi connectivity index (χ0) is 78.1. The lowest BCUT2D eigenvalue weighted by atomic mass is 9.87. The van der Waals surface area contributed by atoms with Crippen LogP contribution in [-0.4, -0.2) is 7.11 Å². The third kappa shape index (κ3) is 22.1. The molecule has 0 aliphatic carbocycles. The number of allylic oxidation sites excluding steroid dienone is 4. The van der Waals surface area contributed by atoms with Crippen LogP contribution in [0.25, 0.3) is 25.1 Å². The Morgan fingerprint density at radius 3 is 0.919 bits per heavy atom. The van der Waals surface area contributed by atoms with Gasteiger partial charge in [-0.25, -0.2) is 0 Å². The van der Waals surface area contributed by atoms with Gasteiger partial charge in [0.15, 0.2) is 73.1 Å². The highest BCUT2D eigenvalue weighted by atomic mass is 32.2. The molecule has 6 heteroatoms. The van der Waals surface area contributed by atoms with Crippen LogP contribution in [0.2, 0.25) is 0 Å². The van der Waals surface area contributed by atoms with Gasteiger partial charge in [0, 0.05) is 33.4 Å². The molecule has 0 N–H and O–H groups in total. The van der Waals surface area contributed by atoms with Crippen molar-refractivity contribution in [3.05, 3.63) is 440 Å². The first-order valence-corrected chi connectivity index (χ1v) is 44.2. The Bertz CT molecular complexity index is 5070. The average Bonchev–Trinajstić information content (AvgIpc) is 1.57. The molecular formula is C105H105OS5+5. The fourth-order valence-electron chi connectivity index (χ4n) is 13.0. The molecule has 1 nitrogen and oxygen atoms in total. The second-order valence-electron chi connectivity index (χ2n) is 29.4. The van der Waals surface area contributed by atoms with Gasteiger partial charge in [0.1, 0.15) is 5.75 Å². The first kappa shape index (κ1) is 81.7. The summed E-state index contributed by atoms with van der Waals surface area (Å²) >= 11 is 0. The summed E-state index contributed by atoms with van der Waals surface area (Å²) in [4.78, 5) is 17.5. The maximum absolute atomic E-state index is 5.52. The Labute approximate surface area is 677 Å². The van der Waals surface area contributed by atoms with Gasteiger partial charge >= 0.3 is 0 Å². The van der Waals surface area contributed by atoms with Gasteiger partial charge in [0.2, 0.25) is 0 Å². The third-order valence-electron chi connectivity index (χ3n) is 18.6. The summed E-state index contributed by atoms with van der Waals surface area (Å²) in [6.07, 6.45) is 8.65. The number of methoxy groups -OCH3 is 1. The van der Waals surface area contributed by atoms with E-state index in [0.29, 0.717) is 5.92 Å². The molecule has 0 aliphatic heterocycles. The van der Waals surface area contributed by atoms with Crippen molar-refractivity contribution in [2.75, 3.05) is 7.11 Å². The van der Waals surface area contributed by atoms with Crippen molar-refractivity contribution in [3.8, 4) is 10.6 Å². The van der Waals surface area contributed by atoms with E-state index in [1.54, 1.807) is 7.11 Å². The van der Waals surface area contributed by atoms with Crippen LogP contribution >= 0.6 is 10.5 Å². The number of fused-ring (bicyclic) bond motifs is 3. The Balaban J connectivity index is 0.000000139. The Morgan fingerprint density at radius 1 is 0.342 bits per heavy atom. The largest absolute Gasteiger partial charge is 0.496 e. The third-order valence-corrected chi connectivity index (χ3v) is 29.8. The van der Waals surface area contributed by atoms with Gasteiger partial charge in [0.25, 0.3) is 0 Å². The SMILES string of the molecule is C=C/C(=C\C=C\C(C)C)[S+](c1ccc(C(C)(C)C)cc1)c1ccc(C(C)(C)C)cc1.COc1c(C)cc([S+](c2ccccc2)c2ccccc2)cc1C.Cc1ccc([S+](c2ccccc2)c2ccccc2)cc1.c1ccc(-[s+]2c3ccccc3c3ccccc32)cc1.c1ccc([S+](c2ccccc2)c2ccccc2)cc1. The highest BCUT2D eigenvalue weighted by Crippen LogP contribution is 2.48. The molecule has 1 heterocycles. The normalized spacial score (nSPS) is 11.5. The number of thiophene rings is 1. The molecule has 0 bridgehead atoms. The van der Waals surface area contributed by atoms with Crippen LogP contribution in [-0.2, 0) is 54.4 Å². The van der Waals surface area contributed by atoms with Crippen LogP contribution in [0, 0.1) is 26.7 Å². The molecule has 556 valence electrons. The van der Waals surface area contributed by atoms with Crippen LogP contribution in [0.15, 0.2) is 466 Å². The lowest BCUT2D eigenvalue weighted by Crippen LogP contribution is -2.13. The topological polar surface area (TPSA) is 9.23 Å². The Hall–Kier alpha value is -10.3. The molecule has 0 radical (unpaired) electrons. The first-order chi connectivity index (χ1) is 53.9. The van der Waals surface area contributed by atoms with Crippen molar-refractivity contribution in [2.45, 2.75) is 141 Å². The molecule has 15 aromatic rings. The monoisotopic (exact) mass is 1540 g/mol. The number of benzene rings is 14. The minimum Gasteiger partial charge on any atom is -0.496 e. The van der Waals surface area contributed by atoms with Crippen molar-refractivity contribution in [1.82, 2.24) is 0 Å². The molecule has 0 atom stereocenters. The molecule has 111 heavy (non-hydrogen) atoms. The van der Waals surface area contributed by atoms with Crippen LogP contribution in [0.5, 0.6) is 5.75 Å². The molecule has 0 amide bonds. The predicted molar refractivity (Wildman–Crippen MR) is 487 cm³/mol. The van der Waals surface area contributed by atoms with E-state index in [-0.39, 0.29) is 64.9 Å². The van der Waals surface area contributed by atoms with Gasteiger partial charge in [0.05, 0.1) is 50.7 Å². The standard InChI is InChI=1S/C29H39S.C21H21OS.C19H17S.C18H13S.C18H15S/c1-10-25(13-11-12-22(2)3)30(26-18-14-23(15-19-26)28(4,5)6)27-20-16-24(17-21-27)29(7,8)9;1-16-14-20(15-17(2)21(16)22-3)23(18-10-6-4-7-11-18)19-12-8-5-9-13-19;1-16-12-14-19(15-13-16)20(17-8-4-2-5-9-17)18-10-6-3-7-11-18;1-2-8-14(9-3-1)19-17-12-6-4-10-15(17)16-11-5-7-13-18(16)19;1-4-10-16(11-5-1)19(17-12-6-2-7-13-17)18-14-8-3-9-15-18/h10-22H,1H2,2-9H3;4-15H,1-3H3;2-15H,1H3;1-13H;1-15H/q5*+1/b12-11+,25-13+;;;;. The zero-order valence-electron chi connectivity index (χ0n) is 66.3. The molecule has 0 saturated heterocycles.